The second-order valence-electron chi connectivity index (χ2n) is 5.02. The van der Waals surface area contributed by atoms with E-state index in [-0.39, 0.29) is 0 Å². The molecule has 86 valence electrons. The van der Waals surface area contributed by atoms with Gasteiger partial charge in [0.15, 0.2) is 0 Å². The van der Waals surface area contributed by atoms with Gasteiger partial charge in [0.2, 0.25) is 0 Å². The topological polar surface area (TPSA) is 3.24 Å². The lowest BCUT2D eigenvalue weighted by Crippen LogP contribution is -2.48. The van der Waals surface area contributed by atoms with Crippen LogP contribution < -0.4 is 0 Å². The molecule has 2 bridgehead atoms. The molecular weight excluding hydrogens is 214 g/mol. The SMILES string of the molecule is c1ccc(SCC2CN3CCC2CC3)cc1. The number of piperidine rings is 3. The van der Waals surface area contributed by atoms with Crippen molar-refractivity contribution in [1.29, 1.82) is 0 Å². The predicted octanol–water partition coefficient (Wildman–Crippen LogP) is 3.12. The smallest absolute Gasteiger partial charge is 0.00720 e. The predicted molar refractivity (Wildman–Crippen MR) is 69.8 cm³/mol. The Morgan fingerprint density at radius 3 is 2.50 bits per heavy atom. The minimum atomic E-state index is 0.938. The molecule has 2 heteroatoms. The van der Waals surface area contributed by atoms with Crippen LogP contribution in [0.2, 0.25) is 0 Å². The van der Waals surface area contributed by atoms with Crippen molar-refractivity contribution in [2.45, 2.75) is 17.7 Å². The van der Waals surface area contributed by atoms with Crippen LogP contribution in [0.3, 0.4) is 0 Å². The van der Waals surface area contributed by atoms with Crippen molar-refractivity contribution in [2.24, 2.45) is 11.8 Å². The Bertz CT molecular complexity index is 330. The summed E-state index contributed by atoms with van der Waals surface area (Å²) < 4.78 is 0. The summed E-state index contributed by atoms with van der Waals surface area (Å²) in [6.45, 7) is 4.07. The van der Waals surface area contributed by atoms with E-state index in [1.807, 2.05) is 11.8 Å². The van der Waals surface area contributed by atoms with E-state index in [4.69, 9.17) is 0 Å². The highest BCUT2D eigenvalue weighted by molar-refractivity contribution is 7.99. The van der Waals surface area contributed by atoms with Gasteiger partial charge in [-0.05, 0) is 49.9 Å². The lowest BCUT2D eigenvalue weighted by atomic mass is 9.80. The first-order valence-electron chi connectivity index (χ1n) is 6.32. The van der Waals surface area contributed by atoms with Gasteiger partial charge in [0.25, 0.3) is 0 Å². The van der Waals surface area contributed by atoms with Crippen LogP contribution in [0, 0.1) is 11.8 Å². The van der Waals surface area contributed by atoms with Gasteiger partial charge in [-0.15, -0.1) is 11.8 Å². The highest BCUT2D eigenvalue weighted by Crippen LogP contribution is 2.35. The van der Waals surface area contributed by atoms with Gasteiger partial charge in [-0.3, -0.25) is 0 Å². The second kappa shape index (κ2) is 4.80. The summed E-state index contributed by atoms with van der Waals surface area (Å²) in [5, 5.41) is 0. The monoisotopic (exact) mass is 233 g/mol. The van der Waals surface area contributed by atoms with Crippen molar-refractivity contribution in [3.63, 3.8) is 0 Å². The van der Waals surface area contributed by atoms with Gasteiger partial charge in [-0.25, -0.2) is 0 Å². The number of benzene rings is 1. The van der Waals surface area contributed by atoms with E-state index in [0.717, 1.165) is 11.8 Å². The van der Waals surface area contributed by atoms with E-state index < -0.39 is 0 Å². The average Bonchev–Trinajstić information content (AvgIpc) is 2.39. The van der Waals surface area contributed by atoms with Crippen LogP contribution in [-0.4, -0.2) is 30.3 Å². The number of nitrogens with zero attached hydrogens (tertiary/aromatic N) is 1. The average molecular weight is 233 g/mol. The van der Waals surface area contributed by atoms with Crippen LogP contribution in [0.4, 0.5) is 0 Å². The van der Waals surface area contributed by atoms with Gasteiger partial charge in [0.05, 0.1) is 0 Å². The molecule has 4 rings (SSSR count). The maximum Gasteiger partial charge on any atom is 0.00720 e. The number of fused-ring (bicyclic) bond motifs is 3. The summed E-state index contributed by atoms with van der Waals surface area (Å²) in [6.07, 6.45) is 2.89. The molecule has 3 aliphatic heterocycles. The summed E-state index contributed by atoms with van der Waals surface area (Å²) in [7, 11) is 0. The Labute approximate surface area is 102 Å². The summed E-state index contributed by atoms with van der Waals surface area (Å²) >= 11 is 2.04. The molecule has 0 spiro atoms. The lowest BCUT2D eigenvalue weighted by molar-refractivity contribution is 0.0626. The molecule has 0 aliphatic carbocycles. The van der Waals surface area contributed by atoms with Crippen molar-refractivity contribution < 1.29 is 0 Å². The summed E-state index contributed by atoms with van der Waals surface area (Å²) in [6, 6.07) is 10.8. The molecule has 0 aromatic heterocycles. The van der Waals surface area contributed by atoms with E-state index in [0.29, 0.717) is 0 Å². The van der Waals surface area contributed by atoms with E-state index >= 15 is 0 Å². The molecule has 3 heterocycles. The molecule has 3 saturated heterocycles. The minimum Gasteiger partial charge on any atom is -0.303 e. The largest absolute Gasteiger partial charge is 0.303 e. The summed E-state index contributed by atoms with van der Waals surface area (Å²) in [4.78, 5) is 4.08. The van der Waals surface area contributed by atoms with Gasteiger partial charge in [0.1, 0.15) is 0 Å². The molecule has 3 aliphatic rings. The van der Waals surface area contributed by atoms with Gasteiger partial charge in [-0.2, -0.15) is 0 Å². The Kier molecular flexibility index (Phi) is 3.20. The van der Waals surface area contributed by atoms with Crippen molar-refractivity contribution in [3.8, 4) is 0 Å². The number of rotatable bonds is 3. The molecule has 0 saturated carbocycles. The fourth-order valence-electron chi connectivity index (χ4n) is 3.00. The summed E-state index contributed by atoms with van der Waals surface area (Å²) in [5.74, 6) is 3.26. The van der Waals surface area contributed by atoms with Crippen molar-refractivity contribution >= 4 is 11.8 Å². The standard InChI is InChI=1S/C14H19NS/c1-2-4-14(5-3-1)16-11-13-10-15-8-6-12(13)7-9-15/h1-5,12-13H,6-11H2. The van der Waals surface area contributed by atoms with E-state index in [2.05, 4.69) is 35.2 Å². The van der Waals surface area contributed by atoms with Crippen molar-refractivity contribution in [1.82, 2.24) is 4.90 Å². The highest BCUT2D eigenvalue weighted by Gasteiger charge is 2.33. The van der Waals surface area contributed by atoms with Crippen molar-refractivity contribution in [2.75, 3.05) is 25.4 Å². The Morgan fingerprint density at radius 1 is 1.12 bits per heavy atom. The molecule has 0 N–H and O–H groups in total. The van der Waals surface area contributed by atoms with Crippen LogP contribution in [0.15, 0.2) is 35.2 Å². The molecule has 1 aromatic rings. The molecular formula is C14H19NS. The highest BCUT2D eigenvalue weighted by atomic mass is 32.2. The normalized spacial score (nSPS) is 32.9. The first-order chi connectivity index (χ1) is 7.92. The zero-order valence-corrected chi connectivity index (χ0v) is 10.5. The Morgan fingerprint density at radius 2 is 1.88 bits per heavy atom. The van der Waals surface area contributed by atoms with Gasteiger partial charge in [0, 0.05) is 17.2 Å². The Hall–Kier alpha value is -0.470. The van der Waals surface area contributed by atoms with E-state index in [1.165, 1.54) is 43.1 Å². The van der Waals surface area contributed by atoms with Crippen LogP contribution in [0.25, 0.3) is 0 Å². The molecule has 1 aromatic carbocycles. The van der Waals surface area contributed by atoms with Crippen LogP contribution >= 0.6 is 11.8 Å². The van der Waals surface area contributed by atoms with E-state index in [1.54, 1.807) is 0 Å². The fourth-order valence-corrected chi connectivity index (χ4v) is 4.13. The number of hydrogen-bond donors (Lipinski definition) is 0. The molecule has 0 amide bonds. The molecule has 1 nitrogen and oxygen atoms in total. The van der Waals surface area contributed by atoms with E-state index in [9.17, 15) is 0 Å². The fraction of sp³-hybridized carbons (Fsp3) is 0.571. The van der Waals surface area contributed by atoms with Gasteiger partial charge < -0.3 is 4.90 Å². The number of thioether (sulfide) groups is 1. The third-order valence-corrected chi connectivity index (χ3v) is 5.20. The molecule has 16 heavy (non-hydrogen) atoms. The molecule has 1 unspecified atom stereocenters. The Balaban J connectivity index is 1.56. The van der Waals surface area contributed by atoms with Crippen LogP contribution in [0.5, 0.6) is 0 Å². The van der Waals surface area contributed by atoms with Crippen molar-refractivity contribution in [3.05, 3.63) is 30.3 Å². The first kappa shape index (κ1) is 10.7. The lowest BCUT2D eigenvalue weighted by Gasteiger charge is -2.44. The van der Waals surface area contributed by atoms with Gasteiger partial charge in [-0.1, -0.05) is 18.2 Å². The molecule has 0 radical (unpaired) electrons. The van der Waals surface area contributed by atoms with Crippen LogP contribution in [0.1, 0.15) is 12.8 Å². The number of hydrogen-bond acceptors (Lipinski definition) is 2. The zero-order chi connectivity index (χ0) is 10.8. The maximum atomic E-state index is 2.65. The van der Waals surface area contributed by atoms with Crippen LogP contribution in [-0.2, 0) is 0 Å². The first-order valence-corrected chi connectivity index (χ1v) is 7.30. The third-order valence-electron chi connectivity index (χ3n) is 4.00. The summed E-state index contributed by atoms with van der Waals surface area (Å²) in [5.41, 5.74) is 0. The van der Waals surface area contributed by atoms with Gasteiger partial charge >= 0.3 is 0 Å². The third kappa shape index (κ3) is 2.28. The minimum absolute atomic E-state index is 0.938. The second-order valence-corrected chi connectivity index (χ2v) is 6.12. The maximum absolute atomic E-state index is 2.65. The molecule has 1 atom stereocenters. The quantitative estimate of drug-likeness (QED) is 0.738. The molecule has 3 fully saturated rings. The zero-order valence-electron chi connectivity index (χ0n) is 9.64.